The maximum absolute atomic E-state index is 4.22. The summed E-state index contributed by atoms with van der Waals surface area (Å²) in [4.78, 5) is 8.36. The molecule has 0 spiro atoms. The molecule has 0 saturated carbocycles. The Hall–Kier alpha value is -2.03. The van der Waals surface area contributed by atoms with E-state index in [0.29, 0.717) is 23.0 Å². The average Bonchev–Trinajstić information content (AvgIpc) is 2.49. The van der Waals surface area contributed by atoms with Gasteiger partial charge in [0.25, 0.3) is 0 Å². The standard InChI is InChI=1S/C12H7IN6/c13-8-4-5-10(15-7-8)12-18-16-11(17-19-12)9-3-1-2-6-14-9/h1-7H. The lowest BCUT2D eigenvalue weighted by Gasteiger charge is -1.99. The van der Waals surface area contributed by atoms with Crippen LogP contribution in [0.25, 0.3) is 23.0 Å². The minimum atomic E-state index is 0.398. The Morgan fingerprint density at radius 1 is 0.737 bits per heavy atom. The summed E-state index contributed by atoms with van der Waals surface area (Å²) in [6.07, 6.45) is 3.42. The lowest BCUT2D eigenvalue weighted by molar-refractivity contribution is 0.865. The molecule has 0 saturated heterocycles. The summed E-state index contributed by atoms with van der Waals surface area (Å²) in [6, 6.07) is 9.26. The van der Waals surface area contributed by atoms with Crippen molar-refractivity contribution >= 4 is 22.6 Å². The molecule has 0 amide bonds. The molecule has 92 valence electrons. The zero-order valence-electron chi connectivity index (χ0n) is 9.60. The smallest absolute Gasteiger partial charge is 0.221 e. The third-order valence-electron chi connectivity index (χ3n) is 2.33. The van der Waals surface area contributed by atoms with Crippen molar-refractivity contribution in [2.45, 2.75) is 0 Å². The number of hydrogen-bond donors (Lipinski definition) is 0. The molecule has 0 bridgehead atoms. The van der Waals surface area contributed by atoms with Gasteiger partial charge in [-0.15, -0.1) is 20.4 Å². The Morgan fingerprint density at radius 2 is 1.42 bits per heavy atom. The highest BCUT2D eigenvalue weighted by Gasteiger charge is 2.07. The van der Waals surface area contributed by atoms with Gasteiger partial charge in [-0.2, -0.15) is 0 Å². The van der Waals surface area contributed by atoms with Crippen LogP contribution in [0, 0.1) is 3.57 Å². The molecule has 0 atom stereocenters. The first-order valence-corrected chi connectivity index (χ1v) is 6.51. The molecule has 19 heavy (non-hydrogen) atoms. The average molecular weight is 362 g/mol. The second kappa shape index (κ2) is 5.31. The molecule has 0 aliphatic heterocycles. The van der Waals surface area contributed by atoms with Crippen molar-refractivity contribution in [3.05, 3.63) is 46.3 Å². The summed E-state index contributed by atoms with van der Waals surface area (Å²) < 4.78 is 1.05. The number of pyridine rings is 2. The van der Waals surface area contributed by atoms with E-state index in [1.165, 1.54) is 0 Å². The normalized spacial score (nSPS) is 10.4. The van der Waals surface area contributed by atoms with E-state index in [0.717, 1.165) is 3.57 Å². The summed E-state index contributed by atoms with van der Waals surface area (Å²) in [7, 11) is 0. The van der Waals surface area contributed by atoms with Gasteiger partial charge in [0, 0.05) is 16.0 Å². The van der Waals surface area contributed by atoms with E-state index in [9.17, 15) is 0 Å². The molecule has 0 aliphatic carbocycles. The summed E-state index contributed by atoms with van der Waals surface area (Å²) in [6.45, 7) is 0. The van der Waals surface area contributed by atoms with Crippen LogP contribution >= 0.6 is 22.6 Å². The predicted octanol–water partition coefficient (Wildman–Crippen LogP) is 2.00. The molecule has 0 unspecified atom stereocenters. The fraction of sp³-hybridized carbons (Fsp3) is 0. The third kappa shape index (κ3) is 2.70. The summed E-state index contributed by atoms with van der Waals surface area (Å²) in [5.41, 5.74) is 1.29. The molecular weight excluding hydrogens is 355 g/mol. The number of hydrogen-bond acceptors (Lipinski definition) is 6. The highest BCUT2D eigenvalue weighted by molar-refractivity contribution is 14.1. The maximum Gasteiger partial charge on any atom is 0.221 e. The van der Waals surface area contributed by atoms with Crippen LogP contribution in [0.5, 0.6) is 0 Å². The van der Waals surface area contributed by atoms with Crippen molar-refractivity contribution in [1.29, 1.82) is 0 Å². The Morgan fingerprint density at radius 3 is 1.95 bits per heavy atom. The zero-order chi connectivity index (χ0) is 13.1. The SMILES string of the molecule is Ic1ccc(-c2nnc(-c3ccccn3)nn2)nc1. The van der Waals surface area contributed by atoms with Gasteiger partial charge >= 0.3 is 0 Å². The molecule has 0 fully saturated rings. The second-order valence-corrected chi connectivity index (χ2v) is 4.87. The van der Waals surface area contributed by atoms with Gasteiger partial charge in [-0.25, -0.2) is 0 Å². The number of aromatic nitrogens is 6. The number of nitrogens with zero attached hydrogens (tertiary/aromatic N) is 6. The van der Waals surface area contributed by atoms with Gasteiger partial charge < -0.3 is 0 Å². The van der Waals surface area contributed by atoms with Crippen molar-refractivity contribution in [3.63, 3.8) is 0 Å². The van der Waals surface area contributed by atoms with Gasteiger partial charge in [-0.05, 0) is 46.9 Å². The minimum absolute atomic E-state index is 0.398. The topological polar surface area (TPSA) is 77.3 Å². The first-order chi connectivity index (χ1) is 9.33. The molecule has 3 heterocycles. The molecule has 7 heteroatoms. The van der Waals surface area contributed by atoms with Gasteiger partial charge in [0.15, 0.2) is 0 Å². The van der Waals surface area contributed by atoms with Crippen LogP contribution in [0.3, 0.4) is 0 Å². The fourth-order valence-electron chi connectivity index (χ4n) is 1.44. The third-order valence-corrected chi connectivity index (χ3v) is 2.97. The summed E-state index contributed by atoms with van der Waals surface area (Å²) >= 11 is 2.19. The van der Waals surface area contributed by atoms with Crippen LogP contribution in [-0.4, -0.2) is 30.4 Å². The van der Waals surface area contributed by atoms with Crippen LogP contribution in [0.4, 0.5) is 0 Å². The van der Waals surface area contributed by atoms with Crippen molar-refractivity contribution in [1.82, 2.24) is 30.4 Å². The molecule has 0 radical (unpaired) electrons. The molecule has 0 aliphatic rings. The van der Waals surface area contributed by atoms with E-state index in [2.05, 4.69) is 53.0 Å². The van der Waals surface area contributed by atoms with Gasteiger partial charge in [0.2, 0.25) is 11.6 Å². The highest BCUT2D eigenvalue weighted by atomic mass is 127. The molecule has 0 N–H and O–H groups in total. The molecule has 3 aromatic heterocycles. The Balaban J connectivity index is 1.93. The summed E-state index contributed by atoms with van der Waals surface area (Å²) in [5.74, 6) is 0.797. The molecular formula is C12H7IN6. The van der Waals surface area contributed by atoms with E-state index in [4.69, 9.17) is 0 Å². The lowest BCUT2D eigenvalue weighted by atomic mass is 10.3. The Kier molecular flexibility index (Phi) is 3.36. The second-order valence-electron chi connectivity index (χ2n) is 3.62. The monoisotopic (exact) mass is 362 g/mol. The van der Waals surface area contributed by atoms with E-state index in [1.54, 1.807) is 12.4 Å². The largest absolute Gasteiger partial charge is 0.253 e. The highest BCUT2D eigenvalue weighted by Crippen LogP contribution is 2.13. The quantitative estimate of drug-likeness (QED) is 0.649. The maximum atomic E-state index is 4.22. The number of rotatable bonds is 2. The van der Waals surface area contributed by atoms with E-state index < -0.39 is 0 Å². The van der Waals surface area contributed by atoms with Crippen LogP contribution in [0.15, 0.2) is 42.7 Å². The van der Waals surface area contributed by atoms with Crippen molar-refractivity contribution < 1.29 is 0 Å². The van der Waals surface area contributed by atoms with Gasteiger partial charge in [-0.3, -0.25) is 9.97 Å². The number of halogens is 1. The van der Waals surface area contributed by atoms with Gasteiger partial charge in [-0.1, -0.05) is 6.07 Å². The first-order valence-electron chi connectivity index (χ1n) is 5.44. The van der Waals surface area contributed by atoms with E-state index >= 15 is 0 Å². The van der Waals surface area contributed by atoms with Crippen molar-refractivity contribution in [3.8, 4) is 23.0 Å². The fourth-order valence-corrected chi connectivity index (χ4v) is 1.76. The van der Waals surface area contributed by atoms with E-state index in [1.807, 2.05) is 30.3 Å². The molecule has 6 nitrogen and oxygen atoms in total. The van der Waals surface area contributed by atoms with Crippen molar-refractivity contribution in [2.75, 3.05) is 0 Å². The molecule has 3 aromatic rings. The van der Waals surface area contributed by atoms with Crippen LogP contribution in [-0.2, 0) is 0 Å². The Labute approximate surface area is 122 Å². The molecule has 0 aromatic carbocycles. The Bertz CT molecular complexity index is 669. The predicted molar refractivity (Wildman–Crippen MR) is 76.8 cm³/mol. The van der Waals surface area contributed by atoms with Crippen LogP contribution in [0.2, 0.25) is 0 Å². The van der Waals surface area contributed by atoms with Gasteiger partial charge in [0.1, 0.15) is 11.4 Å². The molecule has 3 rings (SSSR count). The van der Waals surface area contributed by atoms with E-state index in [-0.39, 0.29) is 0 Å². The lowest BCUT2D eigenvalue weighted by Crippen LogP contribution is -2.01. The first kappa shape index (κ1) is 12.0. The zero-order valence-corrected chi connectivity index (χ0v) is 11.8. The summed E-state index contributed by atoms with van der Waals surface area (Å²) in [5, 5.41) is 16.1. The van der Waals surface area contributed by atoms with Gasteiger partial charge in [0.05, 0.1) is 0 Å². The van der Waals surface area contributed by atoms with Crippen LogP contribution in [0.1, 0.15) is 0 Å². The van der Waals surface area contributed by atoms with Crippen LogP contribution < -0.4 is 0 Å². The van der Waals surface area contributed by atoms with Crippen molar-refractivity contribution in [2.24, 2.45) is 0 Å². The minimum Gasteiger partial charge on any atom is -0.253 e.